The second-order valence-corrected chi connectivity index (χ2v) is 8.49. The van der Waals surface area contributed by atoms with E-state index >= 15 is 0 Å². The topological polar surface area (TPSA) is 72.2 Å². The van der Waals surface area contributed by atoms with Gasteiger partial charge in [0, 0.05) is 19.9 Å². The van der Waals surface area contributed by atoms with Gasteiger partial charge >= 0.3 is 0 Å². The Morgan fingerprint density at radius 3 is 2.43 bits per heavy atom. The standard InChI is InChI=1S/C14H15IN2O2S2/c15-13-3-1-2-4-14(13)17-21(18,19)10-9-20-12-7-5-11(16)6-8-12/h1-8,17H,9-10,16H2. The summed E-state index contributed by atoms with van der Waals surface area (Å²) in [6.07, 6.45) is 0. The van der Waals surface area contributed by atoms with Crippen LogP contribution in [0.2, 0.25) is 0 Å². The van der Waals surface area contributed by atoms with Gasteiger partial charge in [0.1, 0.15) is 0 Å². The first kappa shape index (κ1) is 16.4. The Balaban J connectivity index is 1.90. The Morgan fingerprint density at radius 1 is 1.10 bits per heavy atom. The summed E-state index contributed by atoms with van der Waals surface area (Å²) in [5.74, 6) is 0.551. The maximum absolute atomic E-state index is 12.0. The number of rotatable bonds is 6. The number of sulfonamides is 1. The summed E-state index contributed by atoms with van der Waals surface area (Å²) in [6, 6.07) is 14.7. The van der Waals surface area contributed by atoms with Crippen LogP contribution in [0.4, 0.5) is 11.4 Å². The quantitative estimate of drug-likeness (QED) is 0.415. The summed E-state index contributed by atoms with van der Waals surface area (Å²) >= 11 is 3.60. The predicted molar refractivity (Wildman–Crippen MR) is 98.1 cm³/mol. The van der Waals surface area contributed by atoms with E-state index in [1.165, 1.54) is 11.8 Å². The van der Waals surface area contributed by atoms with Crippen LogP contribution < -0.4 is 10.5 Å². The van der Waals surface area contributed by atoms with Gasteiger partial charge in [-0.2, -0.15) is 0 Å². The van der Waals surface area contributed by atoms with Crippen molar-refractivity contribution in [3.05, 3.63) is 52.1 Å². The van der Waals surface area contributed by atoms with Crippen molar-refractivity contribution in [3.63, 3.8) is 0 Å². The third-order valence-corrected chi connectivity index (χ3v) is 6.13. The van der Waals surface area contributed by atoms with Crippen LogP contribution >= 0.6 is 34.4 Å². The number of thioether (sulfide) groups is 1. The van der Waals surface area contributed by atoms with Gasteiger partial charge in [0.25, 0.3) is 0 Å². The minimum atomic E-state index is -3.34. The van der Waals surface area contributed by atoms with Gasteiger partial charge in [-0.05, 0) is 59.0 Å². The number of nitrogens with one attached hydrogen (secondary N) is 1. The Kier molecular flexibility index (Phi) is 5.77. The lowest BCUT2D eigenvalue weighted by atomic mass is 10.3. The molecule has 2 aromatic carbocycles. The van der Waals surface area contributed by atoms with E-state index in [9.17, 15) is 8.42 Å². The van der Waals surface area contributed by atoms with Gasteiger partial charge < -0.3 is 5.73 Å². The molecule has 0 saturated heterocycles. The van der Waals surface area contributed by atoms with Gasteiger partial charge in [-0.1, -0.05) is 12.1 Å². The van der Waals surface area contributed by atoms with Crippen LogP contribution in [0, 0.1) is 3.57 Å². The maximum atomic E-state index is 12.0. The summed E-state index contributed by atoms with van der Waals surface area (Å²) in [7, 11) is -3.34. The number of hydrogen-bond donors (Lipinski definition) is 2. The van der Waals surface area contributed by atoms with Crippen molar-refractivity contribution in [2.45, 2.75) is 4.90 Å². The molecule has 21 heavy (non-hydrogen) atoms. The van der Waals surface area contributed by atoms with Gasteiger partial charge in [0.15, 0.2) is 0 Å². The SMILES string of the molecule is Nc1ccc(SCCS(=O)(=O)Nc2ccccc2I)cc1. The Morgan fingerprint density at radius 2 is 1.76 bits per heavy atom. The zero-order valence-corrected chi connectivity index (χ0v) is 14.9. The first-order valence-corrected chi connectivity index (χ1v) is 9.91. The molecule has 0 spiro atoms. The Hall–Kier alpha value is -0.930. The normalized spacial score (nSPS) is 11.3. The molecule has 0 bridgehead atoms. The van der Waals surface area contributed by atoms with Gasteiger partial charge in [0.05, 0.1) is 11.4 Å². The summed E-state index contributed by atoms with van der Waals surface area (Å²) in [4.78, 5) is 1.01. The molecule has 0 aliphatic carbocycles. The number of anilines is 2. The fourth-order valence-electron chi connectivity index (χ4n) is 1.60. The second kappa shape index (κ2) is 7.37. The Bertz CT molecular complexity index is 703. The van der Waals surface area contributed by atoms with E-state index in [1.54, 1.807) is 18.2 Å². The highest BCUT2D eigenvalue weighted by atomic mass is 127. The van der Waals surface area contributed by atoms with E-state index in [0.717, 1.165) is 8.47 Å². The van der Waals surface area contributed by atoms with Crippen LogP contribution in [0.25, 0.3) is 0 Å². The molecular weight excluding hydrogens is 419 g/mol. The van der Waals surface area contributed by atoms with Crippen molar-refractivity contribution in [3.8, 4) is 0 Å². The third-order valence-electron chi connectivity index (χ3n) is 2.64. The number of para-hydroxylation sites is 1. The zero-order chi connectivity index (χ0) is 15.3. The fourth-order valence-corrected chi connectivity index (χ4v) is 4.69. The highest BCUT2D eigenvalue weighted by Gasteiger charge is 2.12. The van der Waals surface area contributed by atoms with Crippen molar-refractivity contribution in [2.75, 3.05) is 22.0 Å². The van der Waals surface area contributed by atoms with Crippen molar-refractivity contribution in [2.24, 2.45) is 0 Å². The lowest BCUT2D eigenvalue weighted by Crippen LogP contribution is -2.18. The van der Waals surface area contributed by atoms with Gasteiger partial charge in [-0.25, -0.2) is 8.42 Å². The number of halogens is 1. The summed E-state index contributed by atoms with van der Waals surface area (Å²) < 4.78 is 27.6. The first-order valence-electron chi connectivity index (χ1n) is 6.20. The molecular formula is C14H15IN2O2S2. The molecule has 0 heterocycles. The van der Waals surface area contributed by atoms with Crippen LogP contribution in [-0.4, -0.2) is 19.9 Å². The molecule has 4 nitrogen and oxygen atoms in total. The number of nitrogens with two attached hydrogens (primary N) is 1. The van der Waals surface area contributed by atoms with Crippen LogP contribution in [0.5, 0.6) is 0 Å². The third kappa shape index (κ3) is 5.40. The monoisotopic (exact) mass is 434 g/mol. The fraction of sp³-hybridized carbons (Fsp3) is 0.143. The van der Waals surface area contributed by atoms with Crippen LogP contribution in [0.15, 0.2) is 53.4 Å². The molecule has 0 aliphatic rings. The van der Waals surface area contributed by atoms with E-state index in [-0.39, 0.29) is 5.75 Å². The molecule has 7 heteroatoms. The van der Waals surface area contributed by atoms with Crippen LogP contribution in [0.3, 0.4) is 0 Å². The molecule has 2 aromatic rings. The largest absolute Gasteiger partial charge is 0.399 e. The van der Waals surface area contributed by atoms with E-state index in [1.807, 2.05) is 30.3 Å². The predicted octanol–water partition coefficient (Wildman–Crippen LogP) is 3.41. The van der Waals surface area contributed by atoms with Crippen LogP contribution in [0.1, 0.15) is 0 Å². The van der Waals surface area contributed by atoms with E-state index < -0.39 is 10.0 Å². The molecule has 0 fully saturated rings. The van der Waals surface area contributed by atoms with E-state index in [4.69, 9.17) is 5.73 Å². The zero-order valence-electron chi connectivity index (χ0n) is 11.1. The van der Waals surface area contributed by atoms with Gasteiger partial charge in [-0.15, -0.1) is 11.8 Å². The van der Waals surface area contributed by atoms with Crippen molar-refractivity contribution in [1.29, 1.82) is 0 Å². The highest BCUT2D eigenvalue weighted by Crippen LogP contribution is 2.21. The molecule has 0 aromatic heterocycles. The molecule has 112 valence electrons. The molecule has 0 radical (unpaired) electrons. The lowest BCUT2D eigenvalue weighted by Gasteiger charge is -2.09. The maximum Gasteiger partial charge on any atom is 0.233 e. The molecule has 0 atom stereocenters. The van der Waals surface area contributed by atoms with Crippen molar-refractivity contribution in [1.82, 2.24) is 0 Å². The second-order valence-electron chi connectivity index (χ2n) is 4.32. The van der Waals surface area contributed by atoms with E-state index in [2.05, 4.69) is 27.3 Å². The lowest BCUT2D eigenvalue weighted by molar-refractivity contribution is 0.602. The molecule has 0 saturated carbocycles. The van der Waals surface area contributed by atoms with Crippen LogP contribution in [-0.2, 0) is 10.0 Å². The minimum Gasteiger partial charge on any atom is -0.399 e. The number of benzene rings is 2. The summed E-state index contributed by atoms with van der Waals surface area (Å²) in [6.45, 7) is 0. The number of hydrogen-bond acceptors (Lipinski definition) is 4. The molecule has 0 unspecified atom stereocenters. The average Bonchev–Trinajstić information content (AvgIpc) is 2.43. The average molecular weight is 434 g/mol. The summed E-state index contributed by atoms with van der Waals surface area (Å²) in [5, 5.41) is 0. The number of nitrogen functional groups attached to an aromatic ring is 1. The van der Waals surface area contributed by atoms with Crippen molar-refractivity contribution >= 4 is 55.8 Å². The van der Waals surface area contributed by atoms with Crippen molar-refractivity contribution < 1.29 is 8.42 Å². The molecule has 2 rings (SSSR count). The summed E-state index contributed by atoms with van der Waals surface area (Å²) in [5.41, 5.74) is 6.93. The molecule has 0 amide bonds. The molecule has 3 N–H and O–H groups in total. The highest BCUT2D eigenvalue weighted by molar-refractivity contribution is 14.1. The van der Waals surface area contributed by atoms with Gasteiger partial charge in [0.2, 0.25) is 10.0 Å². The van der Waals surface area contributed by atoms with Gasteiger partial charge in [-0.3, -0.25) is 4.72 Å². The smallest absolute Gasteiger partial charge is 0.233 e. The Labute approximate surface area is 142 Å². The molecule has 0 aliphatic heterocycles. The first-order chi connectivity index (χ1) is 9.96. The minimum absolute atomic E-state index is 0.0625. The van der Waals surface area contributed by atoms with E-state index in [0.29, 0.717) is 17.1 Å².